The number of aromatic hydroxyl groups is 1. The molecule has 6 heteroatoms. The minimum atomic E-state index is -0.917. The summed E-state index contributed by atoms with van der Waals surface area (Å²) in [6.07, 6.45) is 0. The van der Waals surface area contributed by atoms with Crippen LogP contribution in [0.15, 0.2) is 42.5 Å². The third kappa shape index (κ3) is 4.16. The molecule has 2 amide bonds. The van der Waals surface area contributed by atoms with Gasteiger partial charge in [0.05, 0.1) is 5.69 Å². The average Bonchev–Trinajstić information content (AvgIpc) is 2.51. The predicted molar refractivity (Wildman–Crippen MR) is 86.5 cm³/mol. The third-order valence-corrected chi connectivity index (χ3v) is 3.13. The molecule has 0 radical (unpaired) electrons. The van der Waals surface area contributed by atoms with Gasteiger partial charge >= 0.3 is 11.8 Å². The van der Waals surface area contributed by atoms with Gasteiger partial charge in [-0.25, -0.2) is 0 Å². The lowest BCUT2D eigenvalue weighted by molar-refractivity contribution is -0.133. The molecule has 3 N–H and O–H groups in total. The highest BCUT2D eigenvalue weighted by molar-refractivity contribution is 6.43. The first-order valence-corrected chi connectivity index (χ1v) is 6.90. The number of aryl methyl sites for hydroxylation is 1. The molecule has 23 heavy (non-hydrogen) atoms. The second-order valence-corrected chi connectivity index (χ2v) is 5.07. The molecule has 0 unspecified atom stereocenters. The van der Waals surface area contributed by atoms with E-state index in [9.17, 15) is 19.5 Å². The number of hydrogen-bond acceptors (Lipinski definition) is 4. The summed E-state index contributed by atoms with van der Waals surface area (Å²) in [6.45, 7) is 3.20. The standard InChI is InChI=1S/C17H16N2O4/c1-10-6-7-15(21)14(8-10)19-17(23)16(22)18-13-5-3-4-12(9-13)11(2)20/h3-9,21H,1-2H3,(H,18,22)(H,19,23). The number of anilines is 2. The molecule has 0 saturated carbocycles. The molecule has 0 aliphatic rings. The Morgan fingerprint density at radius 2 is 1.65 bits per heavy atom. The monoisotopic (exact) mass is 312 g/mol. The van der Waals surface area contributed by atoms with E-state index in [1.54, 1.807) is 37.3 Å². The van der Waals surface area contributed by atoms with Gasteiger partial charge in [0.25, 0.3) is 0 Å². The number of carbonyl (C=O) groups excluding carboxylic acids is 3. The van der Waals surface area contributed by atoms with Crippen LogP contribution < -0.4 is 10.6 Å². The molecule has 0 heterocycles. The van der Waals surface area contributed by atoms with Crippen molar-refractivity contribution in [1.29, 1.82) is 0 Å². The van der Waals surface area contributed by atoms with E-state index in [1.807, 2.05) is 0 Å². The van der Waals surface area contributed by atoms with Crippen LogP contribution in [0, 0.1) is 6.92 Å². The van der Waals surface area contributed by atoms with Gasteiger partial charge in [0.1, 0.15) is 5.75 Å². The Morgan fingerprint density at radius 1 is 0.957 bits per heavy atom. The maximum atomic E-state index is 11.9. The van der Waals surface area contributed by atoms with E-state index in [4.69, 9.17) is 0 Å². The van der Waals surface area contributed by atoms with Gasteiger partial charge in [-0.15, -0.1) is 0 Å². The molecule has 0 aliphatic carbocycles. The molecule has 0 bridgehead atoms. The van der Waals surface area contributed by atoms with Crippen molar-refractivity contribution in [3.8, 4) is 5.75 Å². The van der Waals surface area contributed by atoms with Gasteiger partial charge in [-0.05, 0) is 43.7 Å². The molecule has 2 aromatic rings. The summed E-state index contributed by atoms with van der Waals surface area (Å²) in [5, 5.41) is 14.4. The van der Waals surface area contributed by atoms with Crippen LogP contribution in [0.5, 0.6) is 5.75 Å². The Hall–Kier alpha value is -3.15. The van der Waals surface area contributed by atoms with E-state index >= 15 is 0 Å². The Bertz CT molecular complexity index is 784. The lowest BCUT2D eigenvalue weighted by Crippen LogP contribution is -2.29. The van der Waals surface area contributed by atoms with Gasteiger partial charge in [0, 0.05) is 11.3 Å². The molecule has 0 aliphatic heterocycles. The molecule has 118 valence electrons. The van der Waals surface area contributed by atoms with Gasteiger partial charge in [0.15, 0.2) is 5.78 Å². The predicted octanol–water partition coefficient (Wildman–Crippen LogP) is 2.48. The summed E-state index contributed by atoms with van der Waals surface area (Å²) in [6, 6.07) is 10.9. The van der Waals surface area contributed by atoms with Crippen molar-refractivity contribution in [2.75, 3.05) is 10.6 Å². The number of Topliss-reactive ketones (excluding diaryl/α,β-unsaturated/α-hetero) is 1. The van der Waals surface area contributed by atoms with E-state index in [1.165, 1.54) is 19.1 Å². The fourth-order valence-electron chi connectivity index (χ4n) is 1.93. The van der Waals surface area contributed by atoms with Gasteiger partial charge in [-0.2, -0.15) is 0 Å². The molecule has 0 atom stereocenters. The van der Waals surface area contributed by atoms with Crippen LogP contribution in [0.25, 0.3) is 0 Å². The number of phenols is 1. The van der Waals surface area contributed by atoms with E-state index in [0.29, 0.717) is 11.3 Å². The highest BCUT2D eigenvalue weighted by Crippen LogP contribution is 2.23. The molecular formula is C17H16N2O4. The molecular weight excluding hydrogens is 296 g/mol. The van der Waals surface area contributed by atoms with Gasteiger partial charge in [-0.1, -0.05) is 18.2 Å². The zero-order chi connectivity index (χ0) is 17.0. The van der Waals surface area contributed by atoms with Crippen LogP contribution >= 0.6 is 0 Å². The van der Waals surface area contributed by atoms with E-state index in [2.05, 4.69) is 10.6 Å². The first-order chi connectivity index (χ1) is 10.9. The fourth-order valence-corrected chi connectivity index (χ4v) is 1.93. The number of hydrogen-bond donors (Lipinski definition) is 3. The van der Waals surface area contributed by atoms with Gasteiger partial charge in [-0.3, -0.25) is 14.4 Å². The van der Waals surface area contributed by atoms with Crippen molar-refractivity contribution in [2.45, 2.75) is 13.8 Å². The maximum Gasteiger partial charge on any atom is 0.314 e. The molecule has 6 nitrogen and oxygen atoms in total. The Kier molecular flexibility index (Phi) is 4.75. The topological polar surface area (TPSA) is 95.5 Å². The Morgan fingerprint density at radius 3 is 2.35 bits per heavy atom. The molecule has 2 rings (SSSR count). The maximum absolute atomic E-state index is 11.9. The van der Waals surface area contributed by atoms with Gasteiger partial charge < -0.3 is 15.7 Å². The van der Waals surface area contributed by atoms with Crippen LogP contribution in [0.2, 0.25) is 0 Å². The number of nitrogens with one attached hydrogen (secondary N) is 2. The third-order valence-electron chi connectivity index (χ3n) is 3.13. The number of amides is 2. The van der Waals surface area contributed by atoms with Crippen LogP contribution in [-0.2, 0) is 9.59 Å². The number of ketones is 1. The second kappa shape index (κ2) is 6.74. The van der Waals surface area contributed by atoms with Crippen LogP contribution in [-0.4, -0.2) is 22.7 Å². The van der Waals surface area contributed by atoms with Crippen molar-refractivity contribution in [2.24, 2.45) is 0 Å². The first-order valence-electron chi connectivity index (χ1n) is 6.90. The number of benzene rings is 2. The van der Waals surface area contributed by atoms with Crippen molar-refractivity contribution in [1.82, 2.24) is 0 Å². The Labute approximate surface area is 133 Å². The van der Waals surface area contributed by atoms with Crippen molar-refractivity contribution >= 4 is 29.0 Å². The summed E-state index contributed by atoms with van der Waals surface area (Å²) in [5.74, 6) is -2.09. The SMILES string of the molecule is CC(=O)c1cccc(NC(=O)C(=O)Nc2cc(C)ccc2O)c1. The first kappa shape index (κ1) is 16.2. The van der Waals surface area contributed by atoms with Crippen LogP contribution in [0.3, 0.4) is 0 Å². The summed E-state index contributed by atoms with van der Waals surface area (Å²) in [4.78, 5) is 35.1. The second-order valence-electron chi connectivity index (χ2n) is 5.07. The molecule has 0 fully saturated rings. The zero-order valence-corrected chi connectivity index (χ0v) is 12.7. The summed E-state index contributed by atoms with van der Waals surface area (Å²) < 4.78 is 0. The van der Waals surface area contributed by atoms with Crippen LogP contribution in [0.1, 0.15) is 22.8 Å². The normalized spacial score (nSPS) is 10.0. The zero-order valence-electron chi connectivity index (χ0n) is 12.7. The molecule has 0 spiro atoms. The van der Waals surface area contributed by atoms with Gasteiger partial charge in [0.2, 0.25) is 0 Å². The van der Waals surface area contributed by atoms with Crippen molar-refractivity contribution in [3.05, 3.63) is 53.6 Å². The van der Waals surface area contributed by atoms with Crippen molar-refractivity contribution in [3.63, 3.8) is 0 Å². The summed E-state index contributed by atoms with van der Waals surface area (Å²) in [5.41, 5.74) is 1.75. The number of carbonyl (C=O) groups is 3. The minimum Gasteiger partial charge on any atom is -0.506 e. The number of rotatable bonds is 3. The molecule has 2 aromatic carbocycles. The number of phenolic OH excluding ortho intramolecular Hbond substituents is 1. The average molecular weight is 312 g/mol. The fraction of sp³-hybridized carbons (Fsp3) is 0.118. The molecule has 0 saturated heterocycles. The van der Waals surface area contributed by atoms with Crippen LogP contribution in [0.4, 0.5) is 11.4 Å². The van der Waals surface area contributed by atoms with E-state index in [-0.39, 0.29) is 17.2 Å². The quantitative estimate of drug-likeness (QED) is 0.461. The lowest BCUT2D eigenvalue weighted by Gasteiger charge is -2.09. The summed E-state index contributed by atoms with van der Waals surface area (Å²) >= 11 is 0. The van der Waals surface area contributed by atoms with Crippen molar-refractivity contribution < 1.29 is 19.5 Å². The summed E-state index contributed by atoms with van der Waals surface area (Å²) in [7, 11) is 0. The Balaban J connectivity index is 2.08. The highest BCUT2D eigenvalue weighted by atomic mass is 16.3. The van der Waals surface area contributed by atoms with E-state index < -0.39 is 11.8 Å². The molecule has 0 aromatic heterocycles. The smallest absolute Gasteiger partial charge is 0.314 e. The highest BCUT2D eigenvalue weighted by Gasteiger charge is 2.16. The largest absolute Gasteiger partial charge is 0.506 e. The minimum absolute atomic E-state index is 0.129. The lowest BCUT2D eigenvalue weighted by atomic mass is 10.1. The van der Waals surface area contributed by atoms with E-state index in [0.717, 1.165) is 5.56 Å².